The second kappa shape index (κ2) is 7.59. The molecule has 2 aromatic carbocycles. The Labute approximate surface area is 155 Å². The number of rotatable bonds is 5. The Kier molecular flexibility index (Phi) is 5.84. The van der Waals surface area contributed by atoms with Gasteiger partial charge in [-0.15, -0.1) is 0 Å². The molecule has 0 aromatic heterocycles. The highest BCUT2D eigenvalue weighted by atomic mass is 32.2. The van der Waals surface area contributed by atoms with Crippen molar-refractivity contribution in [2.45, 2.75) is 20.0 Å². The zero-order chi connectivity index (χ0) is 20.4. The predicted molar refractivity (Wildman–Crippen MR) is 98.2 cm³/mol. The van der Waals surface area contributed by atoms with Gasteiger partial charge in [-0.3, -0.25) is 9.10 Å². The fraction of sp³-hybridized carbons (Fsp3) is 0.278. The van der Waals surface area contributed by atoms with E-state index in [1.807, 2.05) is 13.0 Å². The van der Waals surface area contributed by atoms with E-state index in [-0.39, 0.29) is 5.69 Å². The summed E-state index contributed by atoms with van der Waals surface area (Å²) in [5.41, 5.74) is 1.05. The van der Waals surface area contributed by atoms with Gasteiger partial charge in [0, 0.05) is 5.69 Å². The van der Waals surface area contributed by atoms with Crippen LogP contribution in [0.15, 0.2) is 42.5 Å². The number of alkyl halides is 3. The number of hydrogen-bond acceptors (Lipinski definition) is 3. The molecule has 0 unspecified atom stereocenters. The predicted octanol–water partition coefficient (Wildman–Crippen LogP) is 3.73. The molecular weight excluding hydrogens is 381 g/mol. The first-order valence-corrected chi connectivity index (χ1v) is 9.75. The van der Waals surface area contributed by atoms with E-state index in [2.05, 4.69) is 5.32 Å². The largest absolute Gasteiger partial charge is 0.416 e. The fourth-order valence-corrected chi connectivity index (χ4v) is 3.36. The molecule has 0 saturated heterocycles. The van der Waals surface area contributed by atoms with Crippen LogP contribution in [0.2, 0.25) is 0 Å². The molecule has 0 spiro atoms. The summed E-state index contributed by atoms with van der Waals surface area (Å²) >= 11 is 0. The molecule has 0 aliphatic carbocycles. The monoisotopic (exact) mass is 400 g/mol. The average molecular weight is 400 g/mol. The summed E-state index contributed by atoms with van der Waals surface area (Å²) in [5, 5.41) is 2.59. The number of carbonyl (C=O) groups is 1. The maximum absolute atomic E-state index is 12.9. The summed E-state index contributed by atoms with van der Waals surface area (Å²) in [6.45, 7) is 3.02. The number of hydrogen-bond donors (Lipinski definition) is 1. The summed E-state index contributed by atoms with van der Waals surface area (Å²) in [5.74, 6) is -0.662. The smallest absolute Gasteiger partial charge is 0.324 e. The number of amides is 1. The first-order valence-electron chi connectivity index (χ1n) is 7.90. The topological polar surface area (TPSA) is 66.5 Å². The second-order valence-corrected chi connectivity index (χ2v) is 8.09. The van der Waals surface area contributed by atoms with Crippen molar-refractivity contribution in [2.75, 3.05) is 22.4 Å². The number of sulfonamides is 1. The van der Waals surface area contributed by atoms with Crippen LogP contribution in [0.1, 0.15) is 16.7 Å². The molecule has 0 atom stereocenters. The van der Waals surface area contributed by atoms with E-state index in [1.165, 1.54) is 6.07 Å². The van der Waals surface area contributed by atoms with Gasteiger partial charge in [-0.05, 0) is 43.7 Å². The fourth-order valence-electron chi connectivity index (χ4n) is 2.51. The van der Waals surface area contributed by atoms with E-state index >= 15 is 0 Å². The molecule has 0 aliphatic rings. The van der Waals surface area contributed by atoms with Crippen LogP contribution in [0, 0.1) is 13.8 Å². The number of aryl methyl sites for hydroxylation is 2. The van der Waals surface area contributed by atoms with E-state index in [9.17, 15) is 26.4 Å². The molecule has 2 rings (SSSR count). The Morgan fingerprint density at radius 1 is 1.11 bits per heavy atom. The van der Waals surface area contributed by atoms with Gasteiger partial charge in [0.15, 0.2) is 0 Å². The minimum atomic E-state index is -4.62. The minimum Gasteiger partial charge on any atom is -0.324 e. The lowest BCUT2D eigenvalue weighted by Gasteiger charge is -2.23. The maximum Gasteiger partial charge on any atom is 0.416 e. The number of benzene rings is 2. The van der Waals surface area contributed by atoms with E-state index < -0.39 is 34.2 Å². The van der Waals surface area contributed by atoms with Crippen molar-refractivity contribution >= 4 is 27.3 Å². The summed E-state index contributed by atoms with van der Waals surface area (Å²) in [4.78, 5) is 12.3. The molecule has 146 valence electrons. The number of nitrogens with one attached hydrogen (secondary N) is 1. The highest BCUT2D eigenvalue weighted by Crippen LogP contribution is 2.32. The second-order valence-electron chi connectivity index (χ2n) is 6.18. The summed E-state index contributed by atoms with van der Waals surface area (Å²) in [6.07, 6.45) is -3.79. The van der Waals surface area contributed by atoms with Gasteiger partial charge in [0.1, 0.15) is 6.54 Å². The first kappa shape index (κ1) is 20.8. The summed E-state index contributed by atoms with van der Waals surface area (Å²) in [6, 6.07) is 9.14. The molecule has 2 aromatic rings. The molecule has 27 heavy (non-hydrogen) atoms. The van der Waals surface area contributed by atoms with Crippen LogP contribution in [0.5, 0.6) is 0 Å². The van der Waals surface area contributed by atoms with Crippen molar-refractivity contribution in [3.63, 3.8) is 0 Å². The Hall–Kier alpha value is -2.55. The molecular formula is C18H19F3N2O3S. The van der Waals surface area contributed by atoms with Gasteiger partial charge in [-0.1, -0.05) is 23.8 Å². The Morgan fingerprint density at radius 2 is 1.78 bits per heavy atom. The summed E-state index contributed by atoms with van der Waals surface area (Å²) < 4.78 is 63.5. The molecule has 0 aliphatic heterocycles. The van der Waals surface area contributed by atoms with Gasteiger partial charge in [0.05, 0.1) is 17.5 Å². The lowest BCUT2D eigenvalue weighted by molar-refractivity contribution is -0.137. The van der Waals surface area contributed by atoms with Gasteiger partial charge in [0.25, 0.3) is 0 Å². The Bertz CT molecular complexity index is 957. The zero-order valence-corrected chi connectivity index (χ0v) is 15.8. The molecule has 5 nitrogen and oxygen atoms in total. The molecule has 1 N–H and O–H groups in total. The van der Waals surface area contributed by atoms with Crippen molar-refractivity contribution in [1.82, 2.24) is 0 Å². The van der Waals surface area contributed by atoms with E-state index in [4.69, 9.17) is 0 Å². The lowest BCUT2D eigenvalue weighted by Crippen LogP contribution is -2.37. The maximum atomic E-state index is 12.9. The van der Waals surface area contributed by atoms with Crippen LogP contribution in [0.3, 0.4) is 0 Å². The first-order chi connectivity index (χ1) is 12.4. The SMILES string of the molecule is Cc1ccc(NC(=O)CN(c2cccc(C(F)(F)F)c2)S(C)(=O)=O)c(C)c1. The number of carbonyl (C=O) groups excluding carboxylic acids is 1. The molecule has 0 fully saturated rings. The van der Waals surface area contributed by atoms with Crippen molar-refractivity contribution in [3.05, 3.63) is 59.2 Å². The van der Waals surface area contributed by atoms with Gasteiger partial charge in [0.2, 0.25) is 15.9 Å². The lowest BCUT2D eigenvalue weighted by atomic mass is 10.1. The molecule has 0 bridgehead atoms. The average Bonchev–Trinajstić information content (AvgIpc) is 2.53. The van der Waals surface area contributed by atoms with Crippen LogP contribution in [-0.4, -0.2) is 27.1 Å². The van der Waals surface area contributed by atoms with Crippen molar-refractivity contribution < 1.29 is 26.4 Å². The van der Waals surface area contributed by atoms with Gasteiger partial charge >= 0.3 is 6.18 Å². The zero-order valence-electron chi connectivity index (χ0n) is 15.0. The summed E-state index contributed by atoms with van der Waals surface area (Å²) in [7, 11) is -3.98. The van der Waals surface area contributed by atoms with Crippen LogP contribution in [-0.2, 0) is 21.0 Å². The molecule has 0 radical (unpaired) electrons. The third-order valence-electron chi connectivity index (χ3n) is 3.81. The third-order valence-corrected chi connectivity index (χ3v) is 4.95. The van der Waals surface area contributed by atoms with Crippen molar-refractivity contribution in [3.8, 4) is 0 Å². The molecule has 1 amide bonds. The highest BCUT2D eigenvalue weighted by Gasteiger charge is 2.32. The van der Waals surface area contributed by atoms with Crippen LogP contribution < -0.4 is 9.62 Å². The van der Waals surface area contributed by atoms with Crippen molar-refractivity contribution in [1.29, 1.82) is 0 Å². The number of anilines is 2. The highest BCUT2D eigenvalue weighted by molar-refractivity contribution is 7.92. The van der Waals surface area contributed by atoms with Crippen molar-refractivity contribution in [2.24, 2.45) is 0 Å². The number of nitrogens with zero attached hydrogens (tertiary/aromatic N) is 1. The molecule has 0 heterocycles. The molecule has 0 saturated carbocycles. The van der Waals surface area contributed by atoms with Gasteiger partial charge in [-0.25, -0.2) is 8.42 Å². The van der Waals surface area contributed by atoms with Gasteiger partial charge < -0.3 is 5.32 Å². The van der Waals surface area contributed by atoms with E-state index in [1.54, 1.807) is 19.1 Å². The van der Waals surface area contributed by atoms with E-state index in [0.717, 1.165) is 29.5 Å². The van der Waals surface area contributed by atoms with Crippen LogP contribution in [0.25, 0.3) is 0 Å². The normalized spacial score (nSPS) is 11.9. The quantitative estimate of drug-likeness (QED) is 0.832. The molecule has 9 heteroatoms. The minimum absolute atomic E-state index is 0.233. The Morgan fingerprint density at radius 3 is 2.33 bits per heavy atom. The van der Waals surface area contributed by atoms with E-state index in [0.29, 0.717) is 16.1 Å². The third kappa shape index (κ3) is 5.46. The van der Waals surface area contributed by atoms with Crippen LogP contribution in [0.4, 0.5) is 24.5 Å². The van der Waals surface area contributed by atoms with Gasteiger partial charge in [-0.2, -0.15) is 13.2 Å². The Balaban J connectivity index is 2.29. The standard InChI is InChI=1S/C18H19F3N2O3S/c1-12-7-8-16(13(2)9-12)22-17(24)11-23(27(3,25)26)15-6-4-5-14(10-15)18(19,20)21/h4-10H,11H2,1-3H3,(H,22,24). The number of halogens is 3. The van der Waals surface area contributed by atoms with Crippen LogP contribution >= 0.6 is 0 Å².